The van der Waals surface area contributed by atoms with Crippen LogP contribution in [0.2, 0.25) is 0 Å². The first kappa shape index (κ1) is 7.17. The lowest BCUT2D eigenvalue weighted by molar-refractivity contribution is 1.25. The molecule has 0 spiro atoms. The SMILES string of the molecule is Cc1cccc(N2CC2C#N)c1. The van der Waals surface area contributed by atoms with Crippen LogP contribution >= 0.6 is 0 Å². The molecule has 1 fully saturated rings. The zero-order valence-electron chi connectivity index (χ0n) is 6.99. The van der Waals surface area contributed by atoms with Gasteiger partial charge in [0.05, 0.1) is 12.6 Å². The van der Waals surface area contributed by atoms with Gasteiger partial charge in [0.2, 0.25) is 0 Å². The van der Waals surface area contributed by atoms with Crippen molar-refractivity contribution in [2.24, 2.45) is 0 Å². The van der Waals surface area contributed by atoms with Crippen LogP contribution in [0.4, 0.5) is 5.69 Å². The van der Waals surface area contributed by atoms with Gasteiger partial charge in [0.15, 0.2) is 0 Å². The lowest BCUT2D eigenvalue weighted by atomic mass is 10.2. The fourth-order valence-electron chi connectivity index (χ4n) is 1.34. The molecular weight excluding hydrogens is 148 g/mol. The first-order valence-corrected chi connectivity index (χ1v) is 4.04. The van der Waals surface area contributed by atoms with Gasteiger partial charge < -0.3 is 4.90 Å². The maximum absolute atomic E-state index is 8.62. The molecule has 1 aromatic carbocycles. The minimum atomic E-state index is 0.117. The van der Waals surface area contributed by atoms with Gasteiger partial charge in [-0.15, -0.1) is 0 Å². The molecule has 2 heteroatoms. The summed E-state index contributed by atoms with van der Waals surface area (Å²) in [6.07, 6.45) is 0. The summed E-state index contributed by atoms with van der Waals surface area (Å²) < 4.78 is 0. The molecule has 0 saturated carbocycles. The maximum Gasteiger partial charge on any atom is 0.134 e. The molecule has 0 amide bonds. The van der Waals surface area contributed by atoms with Crippen molar-refractivity contribution < 1.29 is 0 Å². The van der Waals surface area contributed by atoms with Gasteiger partial charge in [-0.2, -0.15) is 5.26 Å². The Morgan fingerprint density at radius 3 is 3.00 bits per heavy atom. The molecule has 2 nitrogen and oxygen atoms in total. The van der Waals surface area contributed by atoms with Crippen molar-refractivity contribution >= 4 is 5.69 Å². The lowest BCUT2D eigenvalue weighted by Gasteiger charge is -2.02. The van der Waals surface area contributed by atoms with Gasteiger partial charge in [0.1, 0.15) is 6.04 Å². The van der Waals surface area contributed by atoms with Crippen LogP contribution in [0.15, 0.2) is 24.3 Å². The standard InChI is InChI=1S/C10H10N2/c1-8-3-2-4-9(5-8)12-7-10(12)6-11/h2-5,10H,7H2,1H3. The van der Waals surface area contributed by atoms with E-state index in [-0.39, 0.29) is 6.04 Å². The molecule has 60 valence electrons. The second-order valence-corrected chi connectivity index (χ2v) is 3.14. The zero-order valence-corrected chi connectivity index (χ0v) is 6.99. The topological polar surface area (TPSA) is 26.8 Å². The van der Waals surface area contributed by atoms with Crippen LogP contribution in [0, 0.1) is 18.3 Å². The molecule has 0 radical (unpaired) electrons. The van der Waals surface area contributed by atoms with Crippen molar-refractivity contribution in [2.75, 3.05) is 11.4 Å². The monoisotopic (exact) mass is 158 g/mol. The second-order valence-electron chi connectivity index (χ2n) is 3.14. The summed E-state index contributed by atoms with van der Waals surface area (Å²) in [5.41, 5.74) is 2.41. The molecular formula is C10H10N2. The number of benzene rings is 1. The van der Waals surface area contributed by atoms with E-state index in [0.29, 0.717) is 0 Å². The first-order chi connectivity index (χ1) is 5.81. The van der Waals surface area contributed by atoms with Crippen LogP contribution in [-0.4, -0.2) is 12.6 Å². The second kappa shape index (κ2) is 2.53. The van der Waals surface area contributed by atoms with Crippen LogP contribution in [-0.2, 0) is 0 Å². The van der Waals surface area contributed by atoms with Crippen LogP contribution in [0.25, 0.3) is 0 Å². The van der Waals surface area contributed by atoms with E-state index >= 15 is 0 Å². The van der Waals surface area contributed by atoms with E-state index in [9.17, 15) is 0 Å². The third kappa shape index (κ3) is 1.14. The number of hydrogen-bond acceptors (Lipinski definition) is 2. The van der Waals surface area contributed by atoms with E-state index in [1.54, 1.807) is 0 Å². The van der Waals surface area contributed by atoms with Gasteiger partial charge in [-0.25, -0.2) is 0 Å². The Labute approximate surface area is 72.0 Å². The largest absolute Gasteiger partial charge is 0.351 e. The van der Waals surface area contributed by atoms with E-state index < -0.39 is 0 Å². The molecule has 0 aliphatic carbocycles. The van der Waals surface area contributed by atoms with Crippen molar-refractivity contribution in [3.8, 4) is 6.07 Å². The number of aryl methyl sites for hydroxylation is 1. The number of anilines is 1. The summed E-state index contributed by atoms with van der Waals surface area (Å²) in [4.78, 5) is 2.09. The van der Waals surface area contributed by atoms with Gasteiger partial charge in [0.25, 0.3) is 0 Å². The summed E-state index contributed by atoms with van der Waals surface area (Å²) in [7, 11) is 0. The molecule has 1 saturated heterocycles. The summed E-state index contributed by atoms with van der Waals surface area (Å²) in [5, 5.41) is 8.62. The van der Waals surface area contributed by atoms with Crippen molar-refractivity contribution in [2.45, 2.75) is 13.0 Å². The molecule has 1 unspecified atom stereocenters. The molecule has 1 atom stereocenters. The van der Waals surface area contributed by atoms with Crippen molar-refractivity contribution in [3.05, 3.63) is 29.8 Å². The smallest absolute Gasteiger partial charge is 0.134 e. The van der Waals surface area contributed by atoms with E-state index in [2.05, 4.69) is 30.0 Å². The lowest BCUT2D eigenvalue weighted by Crippen LogP contribution is -1.95. The Bertz CT molecular complexity index is 338. The molecule has 1 aliphatic heterocycles. The molecule has 1 aromatic rings. The van der Waals surface area contributed by atoms with Gasteiger partial charge in [-0.1, -0.05) is 12.1 Å². The predicted molar refractivity (Wildman–Crippen MR) is 47.9 cm³/mol. The fourth-order valence-corrected chi connectivity index (χ4v) is 1.34. The summed E-state index contributed by atoms with van der Waals surface area (Å²) in [6, 6.07) is 10.6. The highest BCUT2D eigenvalue weighted by Crippen LogP contribution is 2.27. The number of nitrogens with zero attached hydrogens (tertiary/aromatic N) is 2. The molecule has 2 rings (SSSR count). The molecule has 0 aromatic heterocycles. The van der Waals surface area contributed by atoms with Crippen LogP contribution in [0.3, 0.4) is 0 Å². The molecule has 0 N–H and O–H groups in total. The van der Waals surface area contributed by atoms with Gasteiger partial charge in [0, 0.05) is 5.69 Å². The molecule has 1 heterocycles. The normalized spacial score (nSPS) is 20.3. The van der Waals surface area contributed by atoms with Gasteiger partial charge in [-0.3, -0.25) is 0 Å². The number of rotatable bonds is 1. The van der Waals surface area contributed by atoms with E-state index in [1.807, 2.05) is 12.1 Å². The number of hydrogen-bond donors (Lipinski definition) is 0. The minimum absolute atomic E-state index is 0.117. The quantitative estimate of drug-likeness (QED) is 0.582. The zero-order chi connectivity index (χ0) is 8.55. The highest BCUT2D eigenvalue weighted by molar-refractivity contribution is 5.57. The van der Waals surface area contributed by atoms with Crippen LogP contribution in [0.5, 0.6) is 0 Å². The average molecular weight is 158 g/mol. The maximum atomic E-state index is 8.62. The third-order valence-electron chi connectivity index (χ3n) is 2.09. The Balaban J connectivity index is 2.21. The third-order valence-corrected chi connectivity index (χ3v) is 2.09. The fraction of sp³-hybridized carbons (Fsp3) is 0.300. The highest BCUT2D eigenvalue weighted by atomic mass is 15.3. The Hall–Kier alpha value is -1.49. The average Bonchev–Trinajstić information content (AvgIpc) is 2.83. The minimum Gasteiger partial charge on any atom is -0.351 e. The van der Waals surface area contributed by atoms with Gasteiger partial charge >= 0.3 is 0 Å². The van der Waals surface area contributed by atoms with Crippen molar-refractivity contribution in [1.82, 2.24) is 0 Å². The summed E-state index contributed by atoms with van der Waals surface area (Å²) >= 11 is 0. The van der Waals surface area contributed by atoms with E-state index in [1.165, 1.54) is 11.3 Å². The van der Waals surface area contributed by atoms with E-state index in [4.69, 9.17) is 5.26 Å². The van der Waals surface area contributed by atoms with Crippen LogP contribution in [0.1, 0.15) is 5.56 Å². The summed E-state index contributed by atoms with van der Waals surface area (Å²) in [5.74, 6) is 0. The predicted octanol–water partition coefficient (Wildman–Crippen LogP) is 1.71. The van der Waals surface area contributed by atoms with E-state index in [0.717, 1.165) is 6.54 Å². The highest BCUT2D eigenvalue weighted by Gasteiger charge is 2.33. The van der Waals surface area contributed by atoms with Crippen molar-refractivity contribution in [3.63, 3.8) is 0 Å². The molecule has 12 heavy (non-hydrogen) atoms. The Kier molecular flexibility index (Phi) is 1.51. The number of nitriles is 1. The van der Waals surface area contributed by atoms with Crippen molar-refractivity contribution in [1.29, 1.82) is 5.26 Å². The Morgan fingerprint density at radius 1 is 1.58 bits per heavy atom. The molecule has 1 aliphatic rings. The van der Waals surface area contributed by atoms with Crippen LogP contribution < -0.4 is 4.90 Å². The molecule has 0 bridgehead atoms. The Morgan fingerprint density at radius 2 is 2.42 bits per heavy atom. The van der Waals surface area contributed by atoms with Gasteiger partial charge in [-0.05, 0) is 24.6 Å². The summed E-state index contributed by atoms with van der Waals surface area (Å²) in [6.45, 7) is 2.95. The first-order valence-electron chi connectivity index (χ1n) is 4.04.